The van der Waals surface area contributed by atoms with Gasteiger partial charge in [0, 0.05) is 31.6 Å². The Balaban J connectivity index is 2.53. The summed E-state index contributed by atoms with van der Waals surface area (Å²) >= 11 is 0. The van der Waals surface area contributed by atoms with Crippen LogP contribution >= 0.6 is 0 Å². The molecular formula is C13H27N3O. The number of rotatable bonds is 6. The second kappa shape index (κ2) is 5.83. The summed E-state index contributed by atoms with van der Waals surface area (Å²) in [5.41, 5.74) is 0.226. The molecule has 1 aliphatic carbocycles. The van der Waals surface area contributed by atoms with Crippen LogP contribution in [0.25, 0.3) is 0 Å². The molecule has 17 heavy (non-hydrogen) atoms. The fourth-order valence-electron chi connectivity index (χ4n) is 2.62. The molecule has 1 saturated carbocycles. The smallest absolute Gasteiger partial charge is 0.226 e. The number of nitrogens with zero attached hydrogens (tertiary/aromatic N) is 2. The van der Waals surface area contributed by atoms with E-state index in [9.17, 15) is 4.79 Å². The zero-order chi connectivity index (χ0) is 13.1. The van der Waals surface area contributed by atoms with Crippen LogP contribution < -0.4 is 5.32 Å². The molecule has 0 spiro atoms. The zero-order valence-corrected chi connectivity index (χ0v) is 11.9. The Kier molecular flexibility index (Phi) is 4.95. The van der Waals surface area contributed by atoms with Crippen molar-refractivity contribution in [3.63, 3.8) is 0 Å². The van der Waals surface area contributed by atoms with Crippen molar-refractivity contribution in [2.45, 2.75) is 31.7 Å². The first-order chi connectivity index (χ1) is 7.93. The van der Waals surface area contributed by atoms with E-state index in [4.69, 9.17) is 0 Å². The van der Waals surface area contributed by atoms with E-state index in [1.807, 2.05) is 25.9 Å². The van der Waals surface area contributed by atoms with Crippen molar-refractivity contribution in [1.29, 1.82) is 0 Å². The molecule has 1 amide bonds. The summed E-state index contributed by atoms with van der Waals surface area (Å²) in [6.45, 7) is 3.59. The molecule has 1 rings (SSSR count). The van der Waals surface area contributed by atoms with Gasteiger partial charge in [0.2, 0.25) is 5.91 Å². The first kappa shape index (κ1) is 14.5. The SMILES string of the molecule is CNCC(C)C(=O)N(C)CC1(N(C)C)CCC1. The molecule has 0 saturated heterocycles. The molecule has 0 radical (unpaired) electrons. The molecule has 1 atom stereocenters. The molecule has 100 valence electrons. The number of carbonyl (C=O) groups excluding carboxylic acids is 1. The van der Waals surface area contributed by atoms with Crippen molar-refractivity contribution in [2.24, 2.45) is 5.92 Å². The Labute approximate surface area is 105 Å². The maximum Gasteiger partial charge on any atom is 0.226 e. The largest absolute Gasteiger partial charge is 0.344 e. The van der Waals surface area contributed by atoms with Crippen molar-refractivity contribution < 1.29 is 4.79 Å². The minimum Gasteiger partial charge on any atom is -0.344 e. The normalized spacial score (nSPS) is 19.9. The molecule has 1 unspecified atom stereocenters. The number of nitrogens with one attached hydrogen (secondary N) is 1. The summed E-state index contributed by atoms with van der Waals surface area (Å²) in [5.74, 6) is 0.303. The van der Waals surface area contributed by atoms with Crippen molar-refractivity contribution in [1.82, 2.24) is 15.1 Å². The van der Waals surface area contributed by atoms with E-state index in [1.54, 1.807) is 0 Å². The van der Waals surface area contributed by atoms with Crippen LogP contribution in [0.1, 0.15) is 26.2 Å². The summed E-state index contributed by atoms with van der Waals surface area (Å²) in [4.78, 5) is 16.3. The highest BCUT2D eigenvalue weighted by molar-refractivity contribution is 5.78. The average Bonchev–Trinajstić information content (AvgIpc) is 2.21. The number of carbonyl (C=O) groups is 1. The van der Waals surface area contributed by atoms with E-state index in [2.05, 4.69) is 24.3 Å². The lowest BCUT2D eigenvalue weighted by Crippen LogP contribution is -2.58. The van der Waals surface area contributed by atoms with Crippen molar-refractivity contribution >= 4 is 5.91 Å². The molecule has 0 bridgehead atoms. The number of likely N-dealkylation sites (N-methyl/N-ethyl adjacent to an activating group) is 2. The fraction of sp³-hybridized carbons (Fsp3) is 0.923. The molecule has 1 fully saturated rings. The second-order valence-electron chi connectivity index (χ2n) is 5.63. The van der Waals surface area contributed by atoms with Crippen LogP contribution in [0.2, 0.25) is 0 Å². The maximum atomic E-state index is 12.1. The van der Waals surface area contributed by atoms with Gasteiger partial charge in [0.05, 0.1) is 0 Å². The third-order valence-electron chi connectivity index (χ3n) is 4.07. The first-order valence-corrected chi connectivity index (χ1v) is 6.50. The van der Waals surface area contributed by atoms with Gasteiger partial charge in [-0.25, -0.2) is 0 Å². The van der Waals surface area contributed by atoms with Gasteiger partial charge in [-0.1, -0.05) is 6.92 Å². The topological polar surface area (TPSA) is 35.6 Å². The summed E-state index contributed by atoms with van der Waals surface area (Å²) < 4.78 is 0. The zero-order valence-electron chi connectivity index (χ0n) is 11.9. The molecule has 4 nitrogen and oxygen atoms in total. The molecule has 0 aliphatic heterocycles. The summed E-state index contributed by atoms with van der Waals surface area (Å²) in [5, 5.41) is 3.06. The van der Waals surface area contributed by atoms with Gasteiger partial charge in [-0.15, -0.1) is 0 Å². The average molecular weight is 241 g/mol. The monoisotopic (exact) mass is 241 g/mol. The van der Waals surface area contributed by atoms with E-state index < -0.39 is 0 Å². The van der Waals surface area contributed by atoms with Gasteiger partial charge in [0.15, 0.2) is 0 Å². The third-order valence-corrected chi connectivity index (χ3v) is 4.07. The standard InChI is InChI=1S/C13H27N3O/c1-11(9-14-2)12(17)16(5)10-13(15(3)4)7-6-8-13/h11,14H,6-10H2,1-5H3. The molecule has 1 aliphatic rings. The molecule has 0 heterocycles. The van der Waals surface area contributed by atoms with Gasteiger partial charge >= 0.3 is 0 Å². The molecule has 0 aromatic heterocycles. The van der Waals surface area contributed by atoms with Gasteiger partial charge in [0.1, 0.15) is 0 Å². The van der Waals surface area contributed by atoms with E-state index in [0.717, 1.165) is 13.1 Å². The number of hydrogen-bond acceptors (Lipinski definition) is 3. The van der Waals surface area contributed by atoms with Gasteiger partial charge in [-0.3, -0.25) is 4.79 Å². The Morgan fingerprint density at radius 3 is 2.29 bits per heavy atom. The van der Waals surface area contributed by atoms with Crippen LogP contribution in [0.3, 0.4) is 0 Å². The van der Waals surface area contributed by atoms with Crippen LogP contribution in [-0.4, -0.2) is 62.5 Å². The first-order valence-electron chi connectivity index (χ1n) is 6.50. The molecule has 0 aromatic carbocycles. The van der Waals surface area contributed by atoms with Crippen LogP contribution in [0.5, 0.6) is 0 Å². The quantitative estimate of drug-likeness (QED) is 0.746. The number of amides is 1. The lowest BCUT2D eigenvalue weighted by molar-refractivity contribution is -0.136. The van der Waals surface area contributed by atoms with Crippen LogP contribution in [0.15, 0.2) is 0 Å². The Morgan fingerprint density at radius 2 is 1.94 bits per heavy atom. The van der Waals surface area contributed by atoms with E-state index >= 15 is 0 Å². The van der Waals surface area contributed by atoms with Gasteiger partial charge < -0.3 is 15.1 Å². The second-order valence-corrected chi connectivity index (χ2v) is 5.63. The van der Waals surface area contributed by atoms with E-state index in [1.165, 1.54) is 19.3 Å². The van der Waals surface area contributed by atoms with Gasteiger partial charge in [-0.05, 0) is 40.4 Å². The highest BCUT2D eigenvalue weighted by atomic mass is 16.2. The van der Waals surface area contributed by atoms with E-state index in [-0.39, 0.29) is 17.4 Å². The molecule has 0 aromatic rings. The highest BCUT2D eigenvalue weighted by Gasteiger charge is 2.40. The van der Waals surface area contributed by atoms with E-state index in [0.29, 0.717) is 0 Å². The molecule has 4 heteroatoms. The minimum absolute atomic E-state index is 0.0595. The van der Waals surface area contributed by atoms with Gasteiger partial charge in [0.25, 0.3) is 0 Å². The van der Waals surface area contributed by atoms with Gasteiger partial charge in [-0.2, -0.15) is 0 Å². The van der Waals surface area contributed by atoms with Crippen LogP contribution in [0, 0.1) is 5.92 Å². The van der Waals surface area contributed by atoms with Crippen LogP contribution in [-0.2, 0) is 4.79 Å². The summed E-state index contributed by atoms with van der Waals surface area (Å²) in [6.07, 6.45) is 3.70. The fourth-order valence-corrected chi connectivity index (χ4v) is 2.62. The lowest BCUT2D eigenvalue weighted by atomic mass is 9.75. The molecule has 1 N–H and O–H groups in total. The van der Waals surface area contributed by atoms with Crippen LogP contribution in [0.4, 0.5) is 0 Å². The predicted octanol–water partition coefficient (Wildman–Crippen LogP) is 0.785. The third kappa shape index (κ3) is 3.19. The van der Waals surface area contributed by atoms with Crippen molar-refractivity contribution in [3.05, 3.63) is 0 Å². The highest BCUT2D eigenvalue weighted by Crippen LogP contribution is 2.36. The van der Waals surface area contributed by atoms with Crippen molar-refractivity contribution in [3.8, 4) is 0 Å². The summed E-state index contributed by atoms with van der Waals surface area (Å²) in [6, 6.07) is 0. The summed E-state index contributed by atoms with van der Waals surface area (Å²) in [7, 11) is 8.05. The maximum absolute atomic E-state index is 12.1. The Bertz CT molecular complexity index is 261. The Morgan fingerprint density at radius 1 is 1.35 bits per heavy atom. The van der Waals surface area contributed by atoms with Crippen molar-refractivity contribution in [2.75, 3.05) is 41.3 Å². The molecular weight excluding hydrogens is 214 g/mol. The minimum atomic E-state index is 0.0595. The predicted molar refractivity (Wildman–Crippen MR) is 71.0 cm³/mol. The number of hydrogen-bond donors (Lipinski definition) is 1. The lowest BCUT2D eigenvalue weighted by Gasteiger charge is -2.49. The Hall–Kier alpha value is -0.610.